The molecule has 0 aliphatic carbocycles. The quantitative estimate of drug-likeness (QED) is 0.778. The number of carbonyl (C=O) groups is 1. The summed E-state index contributed by atoms with van der Waals surface area (Å²) in [5.41, 5.74) is 1.68. The molecule has 0 saturated carbocycles. The largest absolute Gasteiger partial charge is 0.344 e. The fourth-order valence-electron chi connectivity index (χ4n) is 1.69. The van der Waals surface area contributed by atoms with Crippen LogP contribution < -0.4 is 5.32 Å². The molecule has 0 aliphatic rings. The van der Waals surface area contributed by atoms with Crippen LogP contribution in [0, 0.1) is 0 Å². The lowest BCUT2D eigenvalue weighted by atomic mass is 10.2. The zero-order valence-corrected chi connectivity index (χ0v) is 10.9. The van der Waals surface area contributed by atoms with E-state index in [0.717, 1.165) is 11.1 Å². The van der Waals surface area contributed by atoms with Crippen molar-refractivity contribution in [3.05, 3.63) is 60.5 Å². The Balaban J connectivity index is 1.67. The maximum absolute atomic E-state index is 11.9. The van der Waals surface area contributed by atoms with Crippen LogP contribution in [0.15, 0.2) is 53.6 Å². The van der Waals surface area contributed by atoms with Crippen molar-refractivity contribution in [2.24, 2.45) is 0 Å². The molecular weight excluding hydrogens is 270 g/mol. The molecule has 0 atom stereocenters. The molecule has 0 radical (unpaired) electrons. The van der Waals surface area contributed by atoms with Gasteiger partial charge in [-0.1, -0.05) is 5.16 Å². The van der Waals surface area contributed by atoms with Crippen LogP contribution in [0.5, 0.6) is 0 Å². The number of nitrogens with one attached hydrogen (secondary N) is 1. The normalized spacial score (nSPS) is 10.3. The van der Waals surface area contributed by atoms with Crippen molar-refractivity contribution in [1.82, 2.24) is 25.4 Å². The van der Waals surface area contributed by atoms with E-state index >= 15 is 0 Å². The van der Waals surface area contributed by atoms with Crippen molar-refractivity contribution in [2.75, 3.05) is 0 Å². The Hall–Kier alpha value is -3.09. The lowest BCUT2D eigenvalue weighted by Crippen LogP contribution is -2.23. The predicted octanol–water partition coefficient (Wildman–Crippen LogP) is 1.46. The molecule has 3 aromatic heterocycles. The van der Waals surface area contributed by atoms with Crippen molar-refractivity contribution in [2.45, 2.75) is 6.54 Å². The SMILES string of the molecule is O=C(NCc1ccncc1)c1nc(-c2ccncc2)no1. The Morgan fingerprint density at radius 2 is 1.71 bits per heavy atom. The van der Waals surface area contributed by atoms with Gasteiger partial charge in [0.15, 0.2) is 0 Å². The van der Waals surface area contributed by atoms with E-state index in [0.29, 0.717) is 12.4 Å². The molecule has 3 rings (SSSR count). The molecule has 0 unspecified atom stereocenters. The molecule has 3 aromatic rings. The lowest BCUT2D eigenvalue weighted by Gasteiger charge is -2.01. The number of carbonyl (C=O) groups excluding carboxylic acids is 1. The highest BCUT2D eigenvalue weighted by molar-refractivity contribution is 5.89. The summed E-state index contributed by atoms with van der Waals surface area (Å²) in [7, 11) is 0. The van der Waals surface area contributed by atoms with Gasteiger partial charge in [-0.15, -0.1) is 0 Å². The van der Waals surface area contributed by atoms with Crippen molar-refractivity contribution in [3.63, 3.8) is 0 Å². The summed E-state index contributed by atoms with van der Waals surface area (Å²) in [4.78, 5) is 23.8. The first kappa shape index (κ1) is 12.9. The summed E-state index contributed by atoms with van der Waals surface area (Å²) in [5, 5.41) is 6.48. The van der Waals surface area contributed by atoms with Crippen molar-refractivity contribution in [1.29, 1.82) is 0 Å². The molecule has 0 bridgehead atoms. The third kappa shape index (κ3) is 3.08. The van der Waals surface area contributed by atoms with Gasteiger partial charge >= 0.3 is 11.8 Å². The zero-order valence-electron chi connectivity index (χ0n) is 10.9. The van der Waals surface area contributed by atoms with E-state index in [1.807, 2.05) is 12.1 Å². The van der Waals surface area contributed by atoms with E-state index in [1.54, 1.807) is 36.9 Å². The Kier molecular flexibility index (Phi) is 3.64. The molecule has 0 fully saturated rings. The molecule has 3 heterocycles. The highest BCUT2D eigenvalue weighted by Crippen LogP contribution is 2.13. The minimum absolute atomic E-state index is 0.0733. The smallest absolute Gasteiger partial charge is 0.316 e. The van der Waals surface area contributed by atoms with Gasteiger partial charge in [0.1, 0.15) is 0 Å². The molecular formula is C14H11N5O2. The first-order chi connectivity index (χ1) is 10.3. The van der Waals surface area contributed by atoms with E-state index in [9.17, 15) is 4.79 Å². The van der Waals surface area contributed by atoms with Crippen molar-refractivity contribution >= 4 is 5.91 Å². The molecule has 21 heavy (non-hydrogen) atoms. The maximum atomic E-state index is 11.9. The van der Waals surface area contributed by atoms with Crippen LogP contribution in [0.25, 0.3) is 11.4 Å². The second-order valence-corrected chi connectivity index (χ2v) is 4.20. The molecule has 0 aromatic carbocycles. The first-order valence-corrected chi connectivity index (χ1v) is 6.24. The van der Waals surface area contributed by atoms with E-state index in [4.69, 9.17) is 4.52 Å². The second-order valence-electron chi connectivity index (χ2n) is 4.20. The fourth-order valence-corrected chi connectivity index (χ4v) is 1.69. The van der Waals surface area contributed by atoms with Crippen LogP contribution >= 0.6 is 0 Å². The lowest BCUT2D eigenvalue weighted by molar-refractivity contribution is 0.0907. The van der Waals surface area contributed by atoms with Gasteiger partial charge in [-0.05, 0) is 29.8 Å². The van der Waals surface area contributed by atoms with Gasteiger partial charge in [0, 0.05) is 36.9 Å². The summed E-state index contributed by atoms with van der Waals surface area (Å²) in [6, 6.07) is 7.11. The molecule has 1 amide bonds. The van der Waals surface area contributed by atoms with Crippen molar-refractivity contribution < 1.29 is 9.32 Å². The van der Waals surface area contributed by atoms with E-state index in [1.165, 1.54) is 0 Å². The van der Waals surface area contributed by atoms with Crippen molar-refractivity contribution in [3.8, 4) is 11.4 Å². The summed E-state index contributed by atoms with van der Waals surface area (Å²) < 4.78 is 4.96. The average Bonchev–Trinajstić information content (AvgIpc) is 3.04. The third-order valence-corrected chi connectivity index (χ3v) is 2.76. The molecule has 7 nitrogen and oxygen atoms in total. The fraction of sp³-hybridized carbons (Fsp3) is 0.0714. The van der Waals surface area contributed by atoms with Gasteiger partial charge in [-0.2, -0.15) is 4.98 Å². The predicted molar refractivity (Wildman–Crippen MR) is 72.9 cm³/mol. The van der Waals surface area contributed by atoms with Gasteiger partial charge in [-0.3, -0.25) is 14.8 Å². The summed E-state index contributed by atoms with van der Waals surface area (Å²) >= 11 is 0. The summed E-state index contributed by atoms with van der Waals surface area (Å²) in [6.07, 6.45) is 6.56. The monoisotopic (exact) mass is 281 g/mol. The summed E-state index contributed by atoms with van der Waals surface area (Å²) in [6.45, 7) is 0.369. The topological polar surface area (TPSA) is 93.8 Å². The number of rotatable bonds is 4. The van der Waals surface area contributed by atoms with Gasteiger partial charge in [-0.25, -0.2) is 0 Å². The standard InChI is InChI=1S/C14H11N5O2/c20-13(17-9-10-1-5-15-6-2-10)14-18-12(19-21-14)11-3-7-16-8-4-11/h1-8H,9H2,(H,17,20). The van der Waals surface area contributed by atoms with Crippen LogP contribution in [0.4, 0.5) is 0 Å². The molecule has 0 saturated heterocycles. The summed E-state index contributed by atoms with van der Waals surface area (Å²) in [5.74, 6) is -0.137. The molecule has 0 aliphatic heterocycles. The number of nitrogens with zero attached hydrogens (tertiary/aromatic N) is 4. The zero-order chi connectivity index (χ0) is 14.5. The van der Waals surface area contributed by atoms with Crippen LogP contribution in [-0.4, -0.2) is 26.0 Å². The van der Waals surface area contributed by atoms with Crippen LogP contribution in [0.1, 0.15) is 16.2 Å². The van der Waals surface area contributed by atoms with Gasteiger partial charge in [0.2, 0.25) is 5.82 Å². The molecule has 0 spiro atoms. The third-order valence-electron chi connectivity index (χ3n) is 2.76. The van der Waals surface area contributed by atoms with E-state index in [-0.39, 0.29) is 5.89 Å². The Labute approximate surface area is 120 Å². The van der Waals surface area contributed by atoms with Crippen LogP contribution in [0.2, 0.25) is 0 Å². The number of hydrogen-bond donors (Lipinski definition) is 1. The van der Waals surface area contributed by atoms with Gasteiger partial charge in [0.05, 0.1) is 0 Å². The Bertz CT molecular complexity index is 727. The highest BCUT2D eigenvalue weighted by Gasteiger charge is 2.15. The van der Waals surface area contributed by atoms with E-state index < -0.39 is 5.91 Å². The average molecular weight is 281 g/mol. The Morgan fingerprint density at radius 1 is 1.05 bits per heavy atom. The minimum atomic E-state index is -0.417. The van der Waals surface area contributed by atoms with Crippen LogP contribution in [0.3, 0.4) is 0 Å². The molecule has 104 valence electrons. The number of hydrogen-bond acceptors (Lipinski definition) is 6. The number of aromatic nitrogens is 4. The Morgan fingerprint density at radius 3 is 2.43 bits per heavy atom. The second kappa shape index (κ2) is 5.91. The van der Waals surface area contributed by atoms with E-state index in [2.05, 4.69) is 25.4 Å². The van der Waals surface area contributed by atoms with Crippen LogP contribution in [-0.2, 0) is 6.54 Å². The maximum Gasteiger partial charge on any atom is 0.316 e. The highest BCUT2D eigenvalue weighted by atomic mass is 16.5. The molecule has 7 heteroatoms. The van der Waals surface area contributed by atoms with Gasteiger partial charge < -0.3 is 9.84 Å². The van der Waals surface area contributed by atoms with Gasteiger partial charge in [0.25, 0.3) is 0 Å². The first-order valence-electron chi connectivity index (χ1n) is 6.24. The minimum Gasteiger partial charge on any atom is -0.344 e. The number of amides is 1. The molecule has 1 N–H and O–H groups in total. The number of pyridine rings is 2.